The van der Waals surface area contributed by atoms with Crippen LogP contribution in [0.5, 0.6) is 5.75 Å². The number of fused-ring (bicyclic) bond motifs is 1. The Morgan fingerprint density at radius 2 is 1.97 bits per heavy atom. The van der Waals surface area contributed by atoms with Crippen LogP contribution in [0.2, 0.25) is 0 Å². The Hall–Kier alpha value is -2.87. The minimum absolute atomic E-state index is 0.203. The Labute approximate surface area is 179 Å². The van der Waals surface area contributed by atoms with Crippen LogP contribution in [0.1, 0.15) is 58.5 Å². The van der Waals surface area contributed by atoms with Gasteiger partial charge in [-0.3, -0.25) is 9.59 Å². The van der Waals surface area contributed by atoms with Crippen LogP contribution >= 0.6 is 11.3 Å². The number of methoxy groups -OCH3 is 2. The number of esters is 2. The maximum absolute atomic E-state index is 12.5. The van der Waals surface area contributed by atoms with Crippen molar-refractivity contribution in [1.29, 1.82) is 0 Å². The van der Waals surface area contributed by atoms with E-state index >= 15 is 0 Å². The summed E-state index contributed by atoms with van der Waals surface area (Å²) in [6, 6.07) is 7.58. The standard InChI is InChI=1S/C22H25NO6S/c1-12(2)13-6-5-7-14(10-13)29-11-17(24)23-20-19(22(26)28-4)18-15(21(25)27-3)8-9-16(18)30-20/h5-7,10,12,15H,8-9,11H2,1-4H3,(H,23,24). The second-order valence-electron chi connectivity index (χ2n) is 7.31. The fourth-order valence-electron chi connectivity index (χ4n) is 3.51. The molecule has 1 aliphatic rings. The van der Waals surface area contributed by atoms with Gasteiger partial charge in [0.05, 0.1) is 25.7 Å². The molecule has 0 spiro atoms. The van der Waals surface area contributed by atoms with Gasteiger partial charge in [0, 0.05) is 4.88 Å². The molecule has 1 aromatic heterocycles. The Bertz CT molecular complexity index is 965. The SMILES string of the molecule is COC(=O)c1c(NC(=O)COc2cccc(C(C)C)c2)sc2c1C(C(=O)OC)CC2. The van der Waals surface area contributed by atoms with Gasteiger partial charge in [-0.15, -0.1) is 11.3 Å². The zero-order valence-electron chi connectivity index (χ0n) is 17.4. The number of thiophene rings is 1. The lowest BCUT2D eigenvalue weighted by molar-refractivity contribution is -0.142. The molecule has 1 amide bonds. The van der Waals surface area contributed by atoms with Crippen molar-refractivity contribution in [2.24, 2.45) is 0 Å². The lowest BCUT2D eigenvalue weighted by atomic mass is 9.99. The molecule has 0 fully saturated rings. The molecule has 1 heterocycles. The quantitative estimate of drug-likeness (QED) is 0.669. The molecule has 0 saturated heterocycles. The fraction of sp³-hybridized carbons (Fsp3) is 0.409. The van der Waals surface area contributed by atoms with Gasteiger partial charge in [-0.05, 0) is 42.0 Å². The van der Waals surface area contributed by atoms with Crippen molar-refractivity contribution in [1.82, 2.24) is 0 Å². The molecule has 1 atom stereocenters. The molecule has 8 heteroatoms. The first-order chi connectivity index (χ1) is 14.3. The van der Waals surface area contributed by atoms with Gasteiger partial charge in [-0.25, -0.2) is 4.79 Å². The van der Waals surface area contributed by atoms with E-state index in [4.69, 9.17) is 14.2 Å². The summed E-state index contributed by atoms with van der Waals surface area (Å²) in [6.45, 7) is 3.96. The predicted octanol–water partition coefficient (Wildman–Crippen LogP) is 3.88. The molecule has 1 unspecified atom stereocenters. The minimum Gasteiger partial charge on any atom is -0.484 e. The topological polar surface area (TPSA) is 90.9 Å². The van der Waals surface area contributed by atoms with Gasteiger partial charge in [-0.1, -0.05) is 26.0 Å². The summed E-state index contributed by atoms with van der Waals surface area (Å²) in [5.74, 6) is -0.974. The average molecular weight is 432 g/mol. The zero-order valence-corrected chi connectivity index (χ0v) is 18.3. The van der Waals surface area contributed by atoms with E-state index in [0.717, 1.165) is 10.4 Å². The van der Waals surface area contributed by atoms with Crippen LogP contribution in [0.25, 0.3) is 0 Å². The number of ether oxygens (including phenoxy) is 3. The number of benzene rings is 1. The number of hydrogen-bond acceptors (Lipinski definition) is 7. The van der Waals surface area contributed by atoms with Crippen molar-refractivity contribution in [2.45, 2.75) is 38.5 Å². The lowest BCUT2D eigenvalue weighted by Gasteiger charge is -2.12. The van der Waals surface area contributed by atoms with Crippen molar-refractivity contribution in [2.75, 3.05) is 26.1 Å². The van der Waals surface area contributed by atoms with Gasteiger partial charge < -0.3 is 19.5 Å². The number of anilines is 1. The number of hydrogen-bond donors (Lipinski definition) is 1. The van der Waals surface area contributed by atoms with E-state index in [2.05, 4.69) is 19.2 Å². The van der Waals surface area contributed by atoms with Crippen LogP contribution in [0.3, 0.4) is 0 Å². The second-order valence-corrected chi connectivity index (χ2v) is 8.42. The number of amides is 1. The Balaban J connectivity index is 1.76. The van der Waals surface area contributed by atoms with E-state index in [0.29, 0.717) is 35.1 Å². The molecule has 7 nitrogen and oxygen atoms in total. The molecule has 30 heavy (non-hydrogen) atoms. The summed E-state index contributed by atoms with van der Waals surface area (Å²) in [5.41, 5.74) is 1.93. The first kappa shape index (κ1) is 21.8. The van der Waals surface area contributed by atoms with Crippen molar-refractivity contribution >= 4 is 34.2 Å². The monoisotopic (exact) mass is 431 g/mol. The highest BCUT2D eigenvalue weighted by atomic mass is 32.1. The highest BCUT2D eigenvalue weighted by Crippen LogP contribution is 2.45. The summed E-state index contributed by atoms with van der Waals surface area (Å²) < 4.78 is 15.4. The third-order valence-electron chi connectivity index (χ3n) is 5.05. The Morgan fingerprint density at radius 3 is 2.63 bits per heavy atom. The summed E-state index contributed by atoms with van der Waals surface area (Å²) >= 11 is 1.28. The van der Waals surface area contributed by atoms with Gasteiger partial charge in [0.25, 0.3) is 5.91 Å². The number of carbonyl (C=O) groups excluding carboxylic acids is 3. The molecule has 160 valence electrons. The van der Waals surface area contributed by atoms with Crippen LogP contribution in [-0.2, 0) is 25.5 Å². The van der Waals surface area contributed by atoms with Gasteiger partial charge in [0.15, 0.2) is 6.61 Å². The van der Waals surface area contributed by atoms with Crippen LogP contribution < -0.4 is 10.1 Å². The molecule has 1 N–H and O–H groups in total. The van der Waals surface area contributed by atoms with Crippen LogP contribution in [0.4, 0.5) is 5.00 Å². The third kappa shape index (κ3) is 4.48. The van der Waals surface area contributed by atoms with Gasteiger partial charge in [0.2, 0.25) is 0 Å². The summed E-state index contributed by atoms with van der Waals surface area (Å²) in [7, 11) is 2.59. The van der Waals surface area contributed by atoms with E-state index < -0.39 is 23.8 Å². The summed E-state index contributed by atoms with van der Waals surface area (Å²) in [5, 5.41) is 3.11. The molecule has 2 aromatic rings. The molecule has 0 radical (unpaired) electrons. The maximum Gasteiger partial charge on any atom is 0.341 e. The van der Waals surface area contributed by atoms with E-state index in [1.54, 1.807) is 6.07 Å². The van der Waals surface area contributed by atoms with Crippen molar-refractivity contribution in [3.8, 4) is 5.75 Å². The molecule has 1 aromatic carbocycles. The molecule has 0 bridgehead atoms. The van der Waals surface area contributed by atoms with Gasteiger partial charge >= 0.3 is 11.9 Å². The van der Waals surface area contributed by atoms with Crippen LogP contribution in [0.15, 0.2) is 24.3 Å². The van der Waals surface area contributed by atoms with Gasteiger partial charge in [-0.2, -0.15) is 0 Å². The predicted molar refractivity (Wildman–Crippen MR) is 113 cm³/mol. The summed E-state index contributed by atoms with van der Waals surface area (Å²) in [6.07, 6.45) is 1.21. The Morgan fingerprint density at radius 1 is 1.20 bits per heavy atom. The molecule has 0 saturated carbocycles. The van der Waals surface area contributed by atoms with E-state index in [9.17, 15) is 14.4 Å². The number of rotatable bonds is 7. The highest BCUT2D eigenvalue weighted by molar-refractivity contribution is 7.17. The minimum atomic E-state index is -0.593. The fourth-order valence-corrected chi connectivity index (χ4v) is 4.79. The Kier molecular flexibility index (Phi) is 6.77. The normalized spacial score (nSPS) is 14.9. The molecule has 0 aliphatic heterocycles. The number of aryl methyl sites for hydroxylation is 1. The van der Waals surface area contributed by atoms with Crippen molar-refractivity contribution < 1.29 is 28.6 Å². The first-order valence-corrected chi connectivity index (χ1v) is 10.5. The van der Waals surface area contributed by atoms with E-state index in [1.165, 1.54) is 25.6 Å². The smallest absolute Gasteiger partial charge is 0.341 e. The van der Waals surface area contributed by atoms with Crippen molar-refractivity contribution in [3.63, 3.8) is 0 Å². The third-order valence-corrected chi connectivity index (χ3v) is 6.23. The maximum atomic E-state index is 12.5. The summed E-state index contributed by atoms with van der Waals surface area (Å²) in [4.78, 5) is 37.9. The molecular formula is C22H25NO6S. The number of carbonyl (C=O) groups is 3. The van der Waals surface area contributed by atoms with Gasteiger partial charge in [0.1, 0.15) is 10.8 Å². The highest BCUT2D eigenvalue weighted by Gasteiger charge is 2.38. The zero-order chi connectivity index (χ0) is 21.8. The molecule has 3 rings (SSSR count). The van der Waals surface area contributed by atoms with Crippen LogP contribution in [0, 0.1) is 0 Å². The van der Waals surface area contributed by atoms with E-state index in [-0.39, 0.29) is 12.2 Å². The van der Waals surface area contributed by atoms with Crippen LogP contribution in [-0.4, -0.2) is 38.7 Å². The first-order valence-electron chi connectivity index (χ1n) is 9.70. The average Bonchev–Trinajstić information content (AvgIpc) is 3.30. The van der Waals surface area contributed by atoms with E-state index in [1.807, 2.05) is 18.2 Å². The second kappa shape index (κ2) is 9.30. The molecule has 1 aliphatic carbocycles. The molecular weight excluding hydrogens is 406 g/mol. The number of nitrogens with one attached hydrogen (secondary N) is 1. The lowest BCUT2D eigenvalue weighted by Crippen LogP contribution is -2.22. The largest absolute Gasteiger partial charge is 0.484 e. The van der Waals surface area contributed by atoms with Crippen molar-refractivity contribution in [3.05, 3.63) is 45.8 Å².